The van der Waals surface area contributed by atoms with Gasteiger partial charge in [-0.2, -0.15) is 0 Å². The van der Waals surface area contributed by atoms with Crippen molar-refractivity contribution in [2.24, 2.45) is 0 Å². The SMILES string of the molecule is C=C(C)C(=O)CCc1ccc([N+](=O)[O-])cc1. The zero-order valence-electron chi connectivity index (χ0n) is 9.10. The van der Waals surface area contributed by atoms with Gasteiger partial charge in [-0.05, 0) is 24.5 Å². The Labute approximate surface area is 93.7 Å². The molecular weight excluding hydrogens is 206 g/mol. The number of hydrogen-bond donors (Lipinski definition) is 0. The van der Waals surface area contributed by atoms with Crippen molar-refractivity contribution < 1.29 is 9.72 Å². The lowest BCUT2D eigenvalue weighted by Crippen LogP contribution is -2.00. The van der Waals surface area contributed by atoms with Crippen molar-refractivity contribution in [1.82, 2.24) is 0 Å². The van der Waals surface area contributed by atoms with Crippen LogP contribution in [0.4, 0.5) is 5.69 Å². The fraction of sp³-hybridized carbons (Fsp3) is 0.250. The van der Waals surface area contributed by atoms with Crippen molar-refractivity contribution in [2.75, 3.05) is 0 Å². The fourth-order valence-corrected chi connectivity index (χ4v) is 1.26. The van der Waals surface area contributed by atoms with E-state index in [1.165, 1.54) is 12.1 Å². The molecule has 0 amide bonds. The van der Waals surface area contributed by atoms with Gasteiger partial charge >= 0.3 is 0 Å². The first-order chi connectivity index (χ1) is 7.50. The molecule has 84 valence electrons. The van der Waals surface area contributed by atoms with E-state index in [2.05, 4.69) is 6.58 Å². The van der Waals surface area contributed by atoms with Gasteiger partial charge in [0.1, 0.15) is 0 Å². The van der Waals surface area contributed by atoms with Gasteiger partial charge in [-0.3, -0.25) is 14.9 Å². The first-order valence-corrected chi connectivity index (χ1v) is 4.92. The van der Waals surface area contributed by atoms with Crippen molar-refractivity contribution in [2.45, 2.75) is 19.8 Å². The summed E-state index contributed by atoms with van der Waals surface area (Å²) in [5.74, 6) is 0.0263. The molecule has 0 N–H and O–H groups in total. The largest absolute Gasteiger partial charge is 0.295 e. The molecule has 0 spiro atoms. The maximum Gasteiger partial charge on any atom is 0.269 e. The molecule has 0 saturated carbocycles. The van der Waals surface area contributed by atoms with E-state index in [0.29, 0.717) is 18.4 Å². The van der Waals surface area contributed by atoms with E-state index in [9.17, 15) is 14.9 Å². The Bertz CT molecular complexity index is 420. The average molecular weight is 219 g/mol. The summed E-state index contributed by atoms with van der Waals surface area (Å²) in [7, 11) is 0. The molecule has 0 saturated heterocycles. The number of carbonyl (C=O) groups is 1. The molecule has 16 heavy (non-hydrogen) atoms. The third kappa shape index (κ3) is 3.31. The Morgan fingerprint density at radius 2 is 1.94 bits per heavy atom. The Kier molecular flexibility index (Phi) is 3.94. The Morgan fingerprint density at radius 1 is 1.38 bits per heavy atom. The second-order valence-corrected chi connectivity index (χ2v) is 3.63. The third-order valence-electron chi connectivity index (χ3n) is 2.26. The van der Waals surface area contributed by atoms with Crippen molar-refractivity contribution in [3.05, 3.63) is 52.1 Å². The minimum absolute atomic E-state index is 0.0263. The first kappa shape index (κ1) is 12.1. The van der Waals surface area contributed by atoms with E-state index in [1.807, 2.05) is 0 Å². The number of allylic oxidation sites excluding steroid dienone is 1. The molecule has 0 radical (unpaired) electrons. The Balaban J connectivity index is 2.59. The number of nitro benzene ring substituents is 1. The molecule has 4 nitrogen and oxygen atoms in total. The minimum atomic E-state index is -0.442. The summed E-state index contributed by atoms with van der Waals surface area (Å²) in [4.78, 5) is 21.2. The molecule has 0 heterocycles. The second kappa shape index (κ2) is 5.21. The van der Waals surface area contributed by atoms with Gasteiger partial charge in [-0.15, -0.1) is 0 Å². The zero-order chi connectivity index (χ0) is 12.1. The van der Waals surface area contributed by atoms with Gasteiger partial charge in [0.05, 0.1) is 4.92 Å². The number of Topliss-reactive ketones (excluding diaryl/α,β-unsaturated/α-hetero) is 1. The average Bonchev–Trinajstić information content (AvgIpc) is 2.26. The van der Waals surface area contributed by atoms with Gasteiger partial charge in [-0.25, -0.2) is 0 Å². The molecule has 0 unspecified atom stereocenters. The van der Waals surface area contributed by atoms with Gasteiger partial charge in [-0.1, -0.05) is 18.7 Å². The van der Waals surface area contributed by atoms with Gasteiger partial charge < -0.3 is 0 Å². The number of carbonyl (C=O) groups excluding carboxylic acids is 1. The van der Waals surface area contributed by atoms with E-state index in [-0.39, 0.29) is 11.5 Å². The summed E-state index contributed by atoms with van der Waals surface area (Å²) in [6, 6.07) is 6.23. The van der Waals surface area contributed by atoms with Crippen LogP contribution >= 0.6 is 0 Å². The van der Waals surface area contributed by atoms with Gasteiger partial charge in [0.25, 0.3) is 5.69 Å². The predicted octanol–water partition coefficient (Wildman–Crippen LogP) is 2.67. The van der Waals surface area contributed by atoms with Gasteiger partial charge in [0.15, 0.2) is 5.78 Å². The number of non-ortho nitro benzene ring substituents is 1. The molecule has 1 aromatic rings. The van der Waals surface area contributed by atoms with E-state index >= 15 is 0 Å². The molecule has 0 fully saturated rings. The lowest BCUT2D eigenvalue weighted by atomic mass is 10.0. The summed E-state index contributed by atoms with van der Waals surface area (Å²) in [5.41, 5.74) is 1.53. The van der Waals surface area contributed by atoms with Crippen LogP contribution < -0.4 is 0 Å². The second-order valence-electron chi connectivity index (χ2n) is 3.63. The maximum atomic E-state index is 11.3. The van der Waals surface area contributed by atoms with Crippen LogP contribution in [0.15, 0.2) is 36.4 Å². The minimum Gasteiger partial charge on any atom is -0.295 e. The Morgan fingerprint density at radius 3 is 2.38 bits per heavy atom. The number of benzene rings is 1. The number of rotatable bonds is 5. The predicted molar refractivity (Wildman–Crippen MR) is 61.2 cm³/mol. The summed E-state index contributed by atoms with van der Waals surface area (Å²) < 4.78 is 0. The van der Waals surface area contributed by atoms with E-state index in [4.69, 9.17) is 0 Å². The normalized spacial score (nSPS) is 9.81. The number of ketones is 1. The van der Waals surface area contributed by atoms with Crippen LogP contribution in [-0.2, 0) is 11.2 Å². The molecule has 1 aromatic carbocycles. The quantitative estimate of drug-likeness (QED) is 0.434. The lowest BCUT2D eigenvalue weighted by molar-refractivity contribution is -0.384. The number of nitrogens with zero attached hydrogens (tertiary/aromatic N) is 1. The lowest BCUT2D eigenvalue weighted by Gasteiger charge is -2.00. The van der Waals surface area contributed by atoms with Crippen LogP contribution in [-0.4, -0.2) is 10.7 Å². The van der Waals surface area contributed by atoms with Crippen LogP contribution in [0.25, 0.3) is 0 Å². The van der Waals surface area contributed by atoms with Crippen molar-refractivity contribution in [3.8, 4) is 0 Å². The molecule has 4 heteroatoms. The summed E-state index contributed by atoms with van der Waals surface area (Å²) in [5, 5.41) is 10.4. The fourth-order valence-electron chi connectivity index (χ4n) is 1.26. The molecule has 0 atom stereocenters. The molecule has 0 aliphatic carbocycles. The summed E-state index contributed by atoms with van der Waals surface area (Å²) in [6.45, 7) is 5.24. The molecule has 1 rings (SSSR count). The number of hydrogen-bond acceptors (Lipinski definition) is 3. The molecular formula is C12H13NO3. The van der Waals surface area contributed by atoms with E-state index < -0.39 is 4.92 Å². The smallest absolute Gasteiger partial charge is 0.269 e. The van der Waals surface area contributed by atoms with Crippen LogP contribution in [0.5, 0.6) is 0 Å². The topological polar surface area (TPSA) is 60.2 Å². The summed E-state index contributed by atoms with van der Waals surface area (Å²) >= 11 is 0. The molecule has 0 aliphatic rings. The number of aryl methyl sites for hydroxylation is 1. The third-order valence-corrected chi connectivity index (χ3v) is 2.26. The van der Waals surface area contributed by atoms with E-state index in [0.717, 1.165) is 5.56 Å². The highest BCUT2D eigenvalue weighted by Crippen LogP contribution is 2.13. The molecule has 0 aliphatic heterocycles. The first-order valence-electron chi connectivity index (χ1n) is 4.92. The monoisotopic (exact) mass is 219 g/mol. The highest BCUT2D eigenvalue weighted by molar-refractivity contribution is 5.94. The van der Waals surface area contributed by atoms with Crippen molar-refractivity contribution in [3.63, 3.8) is 0 Å². The van der Waals surface area contributed by atoms with Gasteiger partial charge in [0.2, 0.25) is 0 Å². The molecule has 0 aromatic heterocycles. The van der Waals surface area contributed by atoms with Crippen LogP contribution in [0, 0.1) is 10.1 Å². The van der Waals surface area contributed by atoms with Crippen LogP contribution in [0.1, 0.15) is 18.9 Å². The standard InChI is InChI=1S/C12H13NO3/c1-9(2)12(14)8-5-10-3-6-11(7-4-10)13(15)16/h3-4,6-7H,1,5,8H2,2H3. The zero-order valence-corrected chi connectivity index (χ0v) is 9.10. The maximum absolute atomic E-state index is 11.3. The highest BCUT2D eigenvalue weighted by Gasteiger charge is 2.06. The van der Waals surface area contributed by atoms with Gasteiger partial charge in [0, 0.05) is 18.6 Å². The van der Waals surface area contributed by atoms with Crippen molar-refractivity contribution in [1.29, 1.82) is 0 Å². The summed E-state index contributed by atoms with van der Waals surface area (Å²) in [6.07, 6.45) is 0.983. The highest BCUT2D eigenvalue weighted by atomic mass is 16.6. The van der Waals surface area contributed by atoms with Crippen LogP contribution in [0.2, 0.25) is 0 Å². The Hall–Kier alpha value is -1.97. The van der Waals surface area contributed by atoms with Crippen LogP contribution in [0.3, 0.4) is 0 Å². The number of nitro groups is 1. The molecule has 0 bridgehead atoms. The van der Waals surface area contributed by atoms with Crippen molar-refractivity contribution >= 4 is 11.5 Å². The van der Waals surface area contributed by atoms with E-state index in [1.54, 1.807) is 19.1 Å².